The van der Waals surface area contributed by atoms with Crippen LogP contribution in [0.5, 0.6) is 0 Å². The Labute approximate surface area is 62.1 Å². The van der Waals surface area contributed by atoms with Crippen LogP contribution in [0.2, 0.25) is 0 Å². The molecule has 0 saturated carbocycles. The molecular formula is C5H4Cl2O2. The van der Waals surface area contributed by atoms with Crippen LogP contribution in [0.15, 0.2) is 10.8 Å². The molecule has 1 aliphatic carbocycles. The number of rotatable bonds is 0. The number of aliphatic hydroxyl groups excluding tert-OH is 1. The van der Waals surface area contributed by atoms with Gasteiger partial charge in [0.1, 0.15) is 10.8 Å². The Kier molecular flexibility index (Phi) is 1.68. The van der Waals surface area contributed by atoms with Gasteiger partial charge in [0, 0.05) is 6.42 Å². The molecule has 1 rings (SSSR count). The molecule has 0 aliphatic heterocycles. The lowest BCUT2D eigenvalue weighted by atomic mass is 10.3. The predicted octanol–water partition coefficient (Wildman–Crippen LogP) is 1.58. The largest absolute Gasteiger partial charge is 0.509 e. The summed E-state index contributed by atoms with van der Waals surface area (Å²) in [4.78, 5) is 10.6. The Balaban J connectivity index is 2.92. The molecule has 0 aromatic carbocycles. The highest BCUT2D eigenvalue weighted by molar-refractivity contribution is 6.45. The minimum atomic E-state index is -0.606. The average Bonchev–Trinajstić information content (AvgIpc) is 1.98. The lowest BCUT2D eigenvalue weighted by molar-refractivity contribution is -0.114. The van der Waals surface area contributed by atoms with E-state index in [9.17, 15) is 4.79 Å². The van der Waals surface area contributed by atoms with Crippen LogP contribution in [0.25, 0.3) is 0 Å². The molecule has 1 aliphatic rings. The zero-order chi connectivity index (χ0) is 7.02. The van der Waals surface area contributed by atoms with E-state index >= 15 is 0 Å². The van der Waals surface area contributed by atoms with Crippen LogP contribution >= 0.6 is 23.2 Å². The summed E-state index contributed by atoms with van der Waals surface area (Å²) in [5.41, 5.74) is 0. The topological polar surface area (TPSA) is 37.3 Å². The molecule has 0 aromatic rings. The van der Waals surface area contributed by atoms with Crippen molar-refractivity contribution in [3.63, 3.8) is 0 Å². The maximum atomic E-state index is 10.6. The Hall–Kier alpha value is -0.210. The lowest BCUT2D eigenvalue weighted by Gasteiger charge is -1.93. The minimum Gasteiger partial charge on any atom is -0.509 e. The summed E-state index contributed by atoms with van der Waals surface area (Å²) in [6.45, 7) is 0. The summed E-state index contributed by atoms with van der Waals surface area (Å²) >= 11 is 10.7. The highest BCUT2D eigenvalue weighted by atomic mass is 35.5. The Morgan fingerprint density at radius 2 is 2.22 bits per heavy atom. The van der Waals surface area contributed by atoms with Gasteiger partial charge in [-0.15, -0.1) is 11.6 Å². The van der Waals surface area contributed by atoms with E-state index in [1.807, 2.05) is 0 Å². The number of hydrogen-bond acceptors (Lipinski definition) is 2. The highest BCUT2D eigenvalue weighted by Crippen LogP contribution is 2.27. The van der Waals surface area contributed by atoms with Gasteiger partial charge in [0.2, 0.25) is 0 Å². The van der Waals surface area contributed by atoms with Gasteiger partial charge in [-0.05, 0) is 0 Å². The molecule has 1 N–H and O–H groups in total. The molecule has 50 valence electrons. The fourth-order valence-corrected chi connectivity index (χ4v) is 1.14. The van der Waals surface area contributed by atoms with Gasteiger partial charge in [0.15, 0.2) is 5.78 Å². The highest BCUT2D eigenvalue weighted by Gasteiger charge is 2.29. The number of halogens is 2. The summed E-state index contributed by atoms with van der Waals surface area (Å²) in [6, 6.07) is 0. The number of aliphatic hydroxyl groups is 1. The molecule has 0 radical (unpaired) electrons. The molecule has 1 atom stereocenters. The van der Waals surface area contributed by atoms with Crippen molar-refractivity contribution in [2.45, 2.75) is 11.8 Å². The van der Waals surface area contributed by atoms with Crippen LogP contribution in [0.1, 0.15) is 6.42 Å². The first-order chi connectivity index (χ1) is 4.13. The van der Waals surface area contributed by atoms with Crippen molar-refractivity contribution in [3.8, 4) is 0 Å². The van der Waals surface area contributed by atoms with Crippen molar-refractivity contribution in [2.75, 3.05) is 0 Å². The van der Waals surface area contributed by atoms with Crippen LogP contribution in [-0.2, 0) is 4.79 Å². The van der Waals surface area contributed by atoms with Crippen molar-refractivity contribution in [1.82, 2.24) is 0 Å². The third kappa shape index (κ3) is 1.05. The quantitative estimate of drug-likeness (QED) is 0.556. The number of carbonyl (C=O) groups is 1. The van der Waals surface area contributed by atoms with E-state index in [0.29, 0.717) is 0 Å². The second-order valence-corrected chi connectivity index (χ2v) is 2.70. The molecule has 1 unspecified atom stereocenters. The second kappa shape index (κ2) is 2.20. The summed E-state index contributed by atoms with van der Waals surface area (Å²) in [5.74, 6) is -0.475. The zero-order valence-corrected chi connectivity index (χ0v) is 5.91. The second-order valence-electron chi connectivity index (χ2n) is 1.79. The first-order valence-electron chi connectivity index (χ1n) is 2.39. The van der Waals surface area contributed by atoms with Crippen LogP contribution in [0.3, 0.4) is 0 Å². The molecule has 0 aromatic heterocycles. The summed E-state index contributed by atoms with van der Waals surface area (Å²) < 4.78 is 0. The molecule has 2 nitrogen and oxygen atoms in total. The molecule has 0 amide bonds. The van der Waals surface area contributed by atoms with E-state index in [1.165, 1.54) is 0 Å². The van der Waals surface area contributed by atoms with Crippen molar-refractivity contribution in [1.29, 1.82) is 0 Å². The maximum absolute atomic E-state index is 10.6. The molecule has 4 heteroatoms. The maximum Gasteiger partial charge on any atom is 0.179 e. The van der Waals surface area contributed by atoms with E-state index < -0.39 is 5.38 Å². The van der Waals surface area contributed by atoms with Gasteiger partial charge in [0.05, 0.1) is 5.38 Å². The molecule has 0 heterocycles. The normalized spacial score (nSPS) is 27.8. The van der Waals surface area contributed by atoms with E-state index in [-0.39, 0.29) is 23.0 Å². The first kappa shape index (κ1) is 6.90. The summed E-state index contributed by atoms with van der Waals surface area (Å²) in [7, 11) is 0. The van der Waals surface area contributed by atoms with Gasteiger partial charge in [-0.1, -0.05) is 11.6 Å². The van der Waals surface area contributed by atoms with Crippen molar-refractivity contribution in [3.05, 3.63) is 10.8 Å². The molecule has 0 fully saturated rings. The minimum absolute atomic E-state index is 0.116. The van der Waals surface area contributed by atoms with E-state index in [0.717, 1.165) is 0 Å². The van der Waals surface area contributed by atoms with Crippen molar-refractivity contribution < 1.29 is 9.90 Å². The number of hydrogen-bond donors (Lipinski definition) is 1. The lowest BCUT2D eigenvalue weighted by Crippen LogP contribution is -1.96. The van der Waals surface area contributed by atoms with Crippen LogP contribution in [-0.4, -0.2) is 16.3 Å². The third-order valence-corrected chi connectivity index (χ3v) is 1.90. The Morgan fingerprint density at radius 3 is 2.33 bits per heavy atom. The van der Waals surface area contributed by atoms with Crippen LogP contribution < -0.4 is 0 Å². The summed E-state index contributed by atoms with van der Waals surface area (Å²) in [5, 5.41) is 8.11. The molecule has 0 saturated heterocycles. The fourth-order valence-electron chi connectivity index (χ4n) is 0.629. The average molecular weight is 167 g/mol. The number of alkyl halides is 1. The SMILES string of the molecule is O=C1CC(Cl)C(O)=C1Cl. The van der Waals surface area contributed by atoms with Crippen molar-refractivity contribution in [2.24, 2.45) is 0 Å². The van der Waals surface area contributed by atoms with E-state index in [1.54, 1.807) is 0 Å². The Bertz CT molecular complexity index is 185. The van der Waals surface area contributed by atoms with E-state index in [2.05, 4.69) is 0 Å². The monoisotopic (exact) mass is 166 g/mol. The number of allylic oxidation sites excluding steroid dienone is 2. The van der Waals surface area contributed by atoms with Crippen LogP contribution in [0.4, 0.5) is 0 Å². The molecular weight excluding hydrogens is 163 g/mol. The van der Waals surface area contributed by atoms with E-state index in [4.69, 9.17) is 28.3 Å². The van der Waals surface area contributed by atoms with Gasteiger partial charge < -0.3 is 5.11 Å². The zero-order valence-electron chi connectivity index (χ0n) is 4.40. The fraction of sp³-hybridized carbons (Fsp3) is 0.400. The third-order valence-electron chi connectivity index (χ3n) is 1.13. The smallest absolute Gasteiger partial charge is 0.179 e. The van der Waals surface area contributed by atoms with Gasteiger partial charge >= 0.3 is 0 Å². The van der Waals surface area contributed by atoms with Gasteiger partial charge in [-0.3, -0.25) is 4.79 Å². The molecule has 0 bridgehead atoms. The van der Waals surface area contributed by atoms with Crippen LogP contribution in [0, 0.1) is 0 Å². The number of Topliss-reactive ketones (excluding diaryl/α,β-unsaturated/α-hetero) is 1. The number of carbonyl (C=O) groups excluding carboxylic acids is 1. The molecule has 9 heavy (non-hydrogen) atoms. The van der Waals surface area contributed by atoms with Gasteiger partial charge in [-0.25, -0.2) is 0 Å². The first-order valence-corrected chi connectivity index (χ1v) is 3.20. The molecule has 0 spiro atoms. The van der Waals surface area contributed by atoms with Crippen molar-refractivity contribution >= 4 is 29.0 Å². The number of ketones is 1. The van der Waals surface area contributed by atoms with Gasteiger partial charge in [-0.2, -0.15) is 0 Å². The predicted molar refractivity (Wildman–Crippen MR) is 34.8 cm³/mol. The summed E-state index contributed by atoms with van der Waals surface area (Å²) in [6.07, 6.45) is 0.117. The van der Waals surface area contributed by atoms with Gasteiger partial charge in [0.25, 0.3) is 0 Å². The standard InChI is InChI=1S/C5H4Cl2O2/c6-2-1-3(8)4(7)5(2)9/h2,9H,1H2. The Morgan fingerprint density at radius 1 is 1.67 bits per heavy atom.